The van der Waals surface area contributed by atoms with E-state index in [1.54, 1.807) is 0 Å². The molecule has 0 unspecified atom stereocenters. The number of aryl methyl sites for hydroxylation is 1. The number of anilines is 1. The van der Waals surface area contributed by atoms with Gasteiger partial charge in [-0.1, -0.05) is 0 Å². The number of hydrogen-bond acceptors (Lipinski definition) is 3. The van der Waals surface area contributed by atoms with E-state index in [2.05, 4.69) is 33.8 Å². The fourth-order valence-corrected chi connectivity index (χ4v) is 2.19. The minimum Gasteiger partial charge on any atom is -0.368 e. The largest absolute Gasteiger partial charge is 0.368 e. The van der Waals surface area contributed by atoms with Crippen LogP contribution in [0.4, 0.5) is 5.82 Å². The van der Waals surface area contributed by atoms with Gasteiger partial charge >= 0.3 is 0 Å². The van der Waals surface area contributed by atoms with Gasteiger partial charge in [0, 0.05) is 25.7 Å². The Balaban J connectivity index is 2.40. The van der Waals surface area contributed by atoms with Gasteiger partial charge in [0.05, 0.1) is 5.69 Å². The molecular weight excluding hydrogens is 188 g/mol. The second-order valence-electron chi connectivity index (χ2n) is 4.14. The second kappa shape index (κ2) is 2.72. The Hall–Kier alpha value is -1.58. The average Bonchev–Trinajstić information content (AvgIpc) is 2.77. The van der Waals surface area contributed by atoms with Crippen LogP contribution in [0, 0.1) is 13.8 Å². The normalized spacial score (nSPS) is 14.3. The first-order valence-electron chi connectivity index (χ1n) is 5.25. The van der Waals surface area contributed by atoms with Crippen molar-refractivity contribution in [2.45, 2.75) is 20.3 Å². The highest BCUT2D eigenvalue weighted by atomic mass is 15.2. The van der Waals surface area contributed by atoms with Crippen LogP contribution in [-0.4, -0.2) is 21.1 Å². The fraction of sp³-hybridized carbons (Fsp3) is 0.455. The van der Waals surface area contributed by atoms with Crippen molar-refractivity contribution < 1.29 is 0 Å². The quantitative estimate of drug-likeness (QED) is 0.704. The Morgan fingerprint density at radius 1 is 1.27 bits per heavy atom. The summed E-state index contributed by atoms with van der Waals surface area (Å²) in [6.45, 7) is 5.11. The Labute approximate surface area is 88.7 Å². The summed E-state index contributed by atoms with van der Waals surface area (Å²) in [7, 11) is 2.07. The summed E-state index contributed by atoms with van der Waals surface area (Å²) >= 11 is 0. The lowest BCUT2D eigenvalue weighted by atomic mass is 10.2. The molecular formula is C11H14N4. The van der Waals surface area contributed by atoms with Crippen LogP contribution >= 0.6 is 0 Å². The maximum atomic E-state index is 4.64. The minimum atomic E-state index is 0.987. The smallest absolute Gasteiger partial charge is 0.159 e. The van der Waals surface area contributed by atoms with Gasteiger partial charge in [0.15, 0.2) is 5.82 Å². The van der Waals surface area contributed by atoms with Crippen molar-refractivity contribution in [1.29, 1.82) is 0 Å². The third-order valence-corrected chi connectivity index (χ3v) is 3.26. The van der Waals surface area contributed by atoms with E-state index >= 15 is 0 Å². The van der Waals surface area contributed by atoms with E-state index in [1.165, 1.54) is 11.3 Å². The van der Waals surface area contributed by atoms with Gasteiger partial charge < -0.3 is 9.88 Å². The lowest BCUT2D eigenvalue weighted by Crippen LogP contribution is -2.06. The monoisotopic (exact) mass is 202 g/mol. The molecule has 3 aliphatic heterocycles. The third kappa shape index (κ3) is 1.02. The average molecular weight is 202 g/mol. The Kier molecular flexibility index (Phi) is 1.58. The van der Waals surface area contributed by atoms with Crippen molar-refractivity contribution in [2.24, 2.45) is 7.05 Å². The van der Waals surface area contributed by atoms with Gasteiger partial charge in [-0.05, 0) is 19.4 Å². The maximum absolute atomic E-state index is 4.64. The molecule has 0 saturated heterocycles. The van der Waals surface area contributed by atoms with Crippen LogP contribution in [0.25, 0.3) is 11.5 Å². The lowest BCUT2D eigenvalue weighted by Gasteiger charge is -2.11. The number of rotatable bonds is 0. The van der Waals surface area contributed by atoms with Crippen molar-refractivity contribution in [2.75, 3.05) is 11.9 Å². The highest BCUT2D eigenvalue weighted by Crippen LogP contribution is 2.31. The van der Waals surface area contributed by atoms with Crippen molar-refractivity contribution >= 4 is 5.82 Å². The molecule has 3 aliphatic rings. The highest BCUT2D eigenvalue weighted by molar-refractivity contribution is 5.65. The van der Waals surface area contributed by atoms with E-state index in [9.17, 15) is 0 Å². The molecule has 15 heavy (non-hydrogen) atoms. The van der Waals surface area contributed by atoms with E-state index < -0.39 is 0 Å². The van der Waals surface area contributed by atoms with Gasteiger partial charge in [0.25, 0.3) is 0 Å². The van der Waals surface area contributed by atoms with Crippen molar-refractivity contribution in [3.8, 4) is 11.5 Å². The molecule has 78 valence electrons. The summed E-state index contributed by atoms with van der Waals surface area (Å²) in [5.74, 6) is 2.04. The molecule has 0 amide bonds. The number of fused-ring (bicyclic) bond motifs is 2. The molecule has 4 nitrogen and oxygen atoms in total. The van der Waals surface area contributed by atoms with Gasteiger partial charge in [-0.2, -0.15) is 0 Å². The molecule has 0 radical (unpaired) electrons. The molecule has 0 aromatic heterocycles. The summed E-state index contributed by atoms with van der Waals surface area (Å²) in [6, 6.07) is 0. The Bertz CT molecular complexity index is 512. The van der Waals surface area contributed by atoms with Crippen molar-refractivity contribution in [3.63, 3.8) is 0 Å². The van der Waals surface area contributed by atoms with Crippen LogP contribution in [0.15, 0.2) is 0 Å². The number of aromatic nitrogens is 3. The van der Waals surface area contributed by atoms with Crippen molar-refractivity contribution in [3.05, 3.63) is 17.0 Å². The highest BCUT2D eigenvalue weighted by Gasteiger charge is 2.23. The second-order valence-corrected chi connectivity index (χ2v) is 4.14. The molecule has 0 aliphatic carbocycles. The zero-order valence-corrected chi connectivity index (χ0v) is 9.26. The predicted molar refractivity (Wildman–Crippen MR) is 59.3 cm³/mol. The molecule has 4 heteroatoms. The lowest BCUT2D eigenvalue weighted by molar-refractivity contribution is 0.811. The zero-order valence-electron chi connectivity index (χ0n) is 9.26. The number of nitrogens with zero attached hydrogens (tertiary/aromatic N) is 3. The van der Waals surface area contributed by atoms with E-state index in [1.807, 2.05) is 6.92 Å². The summed E-state index contributed by atoms with van der Waals surface area (Å²) in [5, 5.41) is 3.31. The first-order valence-corrected chi connectivity index (χ1v) is 5.25. The van der Waals surface area contributed by atoms with E-state index in [-0.39, 0.29) is 0 Å². The van der Waals surface area contributed by atoms with Gasteiger partial charge in [-0.3, -0.25) is 0 Å². The summed E-state index contributed by atoms with van der Waals surface area (Å²) in [5.41, 5.74) is 4.57. The molecule has 3 rings (SSSR count). The fourth-order valence-electron chi connectivity index (χ4n) is 2.19. The molecule has 0 spiro atoms. The van der Waals surface area contributed by atoms with Gasteiger partial charge in [0.2, 0.25) is 0 Å². The first-order chi connectivity index (χ1) is 7.18. The standard InChI is InChI=1S/C11H14N4/c1-6-7(2)13-11-9(6)14-10-8(15(11)3)4-5-12-10/h12H,4-5H2,1-3H3. The minimum absolute atomic E-state index is 0.987. The molecule has 1 N–H and O–H groups in total. The molecule has 3 heterocycles. The van der Waals surface area contributed by atoms with Crippen LogP contribution in [0.1, 0.15) is 17.0 Å². The Morgan fingerprint density at radius 3 is 2.87 bits per heavy atom. The SMILES string of the molecule is Cc1nc2n(C)c3c(nc-2c1C)NCC3. The van der Waals surface area contributed by atoms with Crippen LogP contribution in [-0.2, 0) is 13.5 Å². The summed E-state index contributed by atoms with van der Waals surface area (Å²) in [6.07, 6.45) is 1.04. The van der Waals surface area contributed by atoms with E-state index in [0.717, 1.165) is 36.0 Å². The Morgan fingerprint density at radius 2 is 2.07 bits per heavy atom. The predicted octanol–water partition coefficient (Wildman–Crippen LogP) is 1.50. The topological polar surface area (TPSA) is 42.7 Å². The van der Waals surface area contributed by atoms with Gasteiger partial charge in [-0.25, -0.2) is 9.97 Å². The molecule has 0 saturated carbocycles. The molecule has 0 bridgehead atoms. The summed E-state index contributed by atoms with van der Waals surface area (Å²) in [4.78, 5) is 9.20. The number of nitrogens with one attached hydrogen (secondary N) is 1. The van der Waals surface area contributed by atoms with E-state index in [4.69, 9.17) is 0 Å². The molecule has 0 aromatic carbocycles. The van der Waals surface area contributed by atoms with Crippen LogP contribution in [0.5, 0.6) is 0 Å². The number of hydrogen-bond donors (Lipinski definition) is 1. The molecule has 0 atom stereocenters. The molecule has 0 aromatic rings. The summed E-state index contributed by atoms with van der Waals surface area (Å²) < 4.78 is 2.16. The first kappa shape index (κ1) is 8.71. The third-order valence-electron chi connectivity index (χ3n) is 3.26. The van der Waals surface area contributed by atoms with E-state index in [0.29, 0.717) is 0 Å². The van der Waals surface area contributed by atoms with Gasteiger partial charge in [-0.15, -0.1) is 0 Å². The maximum Gasteiger partial charge on any atom is 0.159 e. The molecule has 0 fully saturated rings. The van der Waals surface area contributed by atoms with Crippen molar-refractivity contribution in [1.82, 2.24) is 14.5 Å². The zero-order chi connectivity index (χ0) is 10.6. The van der Waals surface area contributed by atoms with Gasteiger partial charge in [0.1, 0.15) is 11.5 Å². The van der Waals surface area contributed by atoms with Crippen LogP contribution < -0.4 is 5.32 Å². The van der Waals surface area contributed by atoms with Crippen LogP contribution in [0.3, 0.4) is 0 Å². The van der Waals surface area contributed by atoms with Crippen LogP contribution in [0.2, 0.25) is 0 Å².